The number of hydrogen-bond acceptors (Lipinski definition) is 5. The highest BCUT2D eigenvalue weighted by Crippen LogP contribution is 2.62. The molecule has 0 heterocycles. The van der Waals surface area contributed by atoms with Crippen LogP contribution < -0.4 is 4.74 Å². The van der Waals surface area contributed by atoms with Crippen LogP contribution >= 0.6 is 0 Å². The molecule has 0 aromatic heterocycles. The molecule has 4 rings (SSSR count). The van der Waals surface area contributed by atoms with Gasteiger partial charge in [-0.25, -0.2) is 4.79 Å². The largest absolute Gasteiger partial charge is 0.478 e. The van der Waals surface area contributed by atoms with Crippen LogP contribution in [0.2, 0.25) is 0 Å². The van der Waals surface area contributed by atoms with Gasteiger partial charge in [0.1, 0.15) is 11.9 Å². The van der Waals surface area contributed by atoms with Crippen molar-refractivity contribution in [3.8, 4) is 5.75 Å². The van der Waals surface area contributed by atoms with E-state index in [4.69, 9.17) is 9.47 Å². The van der Waals surface area contributed by atoms with E-state index in [0.717, 1.165) is 49.7 Å². The Morgan fingerprint density at radius 2 is 1.83 bits per heavy atom. The summed E-state index contributed by atoms with van der Waals surface area (Å²) >= 11 is 0. The molecule has 1 aromatic carbocycles. The number of carbonyl (C=O) groups excluding carboxylic acids is 2. The molecule has 0 saturated heterocycles. The minimum absolute atomic E-state index is 0.0204. The Balaban J connectivity index is 1.70. The Morgan fingerprint density at radius 3 is 2.48 bits per heavy atom. The highest BCUT2D eigenvalue weighted by molar-refractivity contribution is 5.89. The van der Waals surface area contributed by atoms with Gasteiger partial charge in [0.05, 0.1) is 5.56 Å². The van der Waals surface area contributed by atoms with Gasteiger partial charge in [-0.2, -0.15) is 0 Å². The zero-order chi connectivity index (χ0) is 20.9. The molecule has 0 spiro atoms. The van der Waals surface area contributed by atoms with Crippen molar-refractivity contribution in [2.75, 3.05) is 0 Å². The normalized spacial score (nSPS) is 32.5. The van der Waals surface area contributed by atoms with Gasteiger partial charge in [-0.15, -0.1) is 0 Å². The van der Waals surface area contributed by atoms with Crippen molar-refractivity contribution in [1.82, 2.24) is 0 Å². The quantitative estimate of drug-likeness (QED) is 0.607. The lowest BCUT2D eigenvalue weighted by molar-refractivity contribution is -0.154. The van der Waals surface area contributed by atoms with Crippen molar-refractivity contribution < 1.29 is 29.0 Å². The molecule has 0 radical (unpaired) electrons. The van der Waals surface area contributed by atoms with Crippen LogP contribution in [0.15, 0.2) is 12.1 Å². The third-order valence-electron chi connectivity index (χ3n) is 7.53. The fourth-order valence-electron chi connectivity index (χ4n) is 6.37. The first-order chi connectivity index (χ1) is 13.7. The highest BCUT2D eigenvalue weighted by Gasteiger charge is 2.56. The van der Waals surface area contributed by atoms with Crippen LogP contribution in [0.1, 0.15) is 80.3 Å². The van der Waals surface area contributed by atoms with Gasteiger partial charge < -0.3 is 14.6 Å². The molecule has 2 fully saturated rings. The van der Waals surface area contributed by atoms with Crippen LogP contribution in [-0.2, 0) is 20.7 Å². The van der Waals surface area contributed by atoms with Crippen molar-refractivity contribution in [3.05, 3.63) is 28.8 Å². The topological polar surface area (TPSA) is 89.9 Å². The molecule has 3 aliphatic carbocycles. The molecule has 156 valence electrons. The van der Waals surface area contributed by atoms with Gasteiger partial charge in [0.25, 0.3) is 0 Å². The van der Waals surface area contributed by atoms with Crippen molar-refractivity contribution >= 4 is 17.9 Å². The number of esters is 2. The Morgan fingerprint density at radius 1 is 1.07 bits per heavy atom. The van der Waals surface area contributed by atoms with Crippen molar-refractivity contribution in [3.63, 3.8) is 0 Å². The molecule has 6 heteroatoms. The molecule has 3 aliphatic rings. The molecule has 29 heavy (non-hydrogen) atoms. The Bertz CT molecular complexity index is 874. The average Bonchev–Trinajstić information content (AvgIpc) is 2.96. The van der Waals surface area contributed by atoms with Gasteiger partial charge in [0.15, 0.2) is 0 Å². The SMILES string of the molecule is CC(=O)Oc1cc(C(=O)O)cc2c1CCC1C2CCC2(C)C(OC(C)=O)CCC12. The zero-order valence-corrected chi connectivity index (χ0v) is 17.2. The summed E-state index contributed by atoms with van der Waals surface area (Å²) in [5, 5.41) is 9.56. The van der Waals surface area contributed by atoms with Gasteiger partial charge in [-0.1, -0.05) is 6.92 Å². The molecule has 6 nitrogen and oxygen atoms in total. The van der Waals surface area contributed by atoms with E-state index in [9.17, 15) is 19.5 Å². The van der Waals surface area contributed by atoms with E-state index in [0.29, 0.717) is 17.6 Å². The summed E-state index contributed by atoms with van der Waals surface area (Å²) in [5.74, 6) is -0.150. The van der Waals surface area contributed by atoms with Crippen LogP contribution in [0.4, 0.5) is 0 Å². The predicted molar refractivity (Wildman–Crippen MR) is 105 cm³/mol. The number of fused-ring (bicyclic) bond motifs is 5. The second-order valence-corrected chi connectivity index (χ2v) is 9.08. The Kier molecular flexibility index (Phi) is 4.91. The van der Waals surface area contributed by atoms with Gasteiger partial charge in [-0.05, 0) is 79.5 Å². The van der Waals surface area contributed by atoms with E-state index in [-0.39, 0.29) is 29.0 Å². The van der Waals surface area contributed by atoms with E-state index >= 15 is 0 Å². The van der Waals surface area contributed by atoms with E-state index in [2.05, 4.69) is 6.92 Å². The lowest BCUT2D eigenvalue weighted by Crippen LogP contribution is -2.45. The first-order valence-electron chi connectivity index (χ1n) is 10.5. The minimum Gasteiger partial charge on any atom is -0.478 e. The lowest BCUT2D eigenvalue weighted by Gasteiger charge is -2.50. The maximum absolute atomic E-state index is 11.7. The zero-order valence-electron chi connectivity index (χ0n) is 17.2. The molecule has 5 unspecified atom stereocenters. The standard InChI is InChI=1S/C23H28O6/c1-12(24)28-20-11-14(22(26)27)10-18-15-8-9-23(3)19(16(15)4-5-17(18)20)6-7-21(23)29-13(2)25/h10-11,15-16,19,21H,4-9H2,1-3H3,(H,26,27). The summed E-state index contributed by atoms with van der Waals surface area (Å²) in [6.07, 6.45) is 5.50. The lowest BCUT2D eigenvalue weighted by atomic mass is 9.55. The van der Waals surface area contributed by atoms with Crippen molar-refractivity contribution in [2.45, 2.75) is 71.3 Å². The van der Waals surface area contributed by atoms with Crippen molar-refractivity contribution in [2.24, 2.45) is 17.3 Å². The maximum atomic E-state index is 11.7. The van der Waals surface area contributed by atoms with Crippen LogP contribution in [0, 0.1) is 17.3 Å². The van der Waals surface area contributed by atoms with E-state index in [1.165, 1.54) is 19.9 Å². The second-order valence-electron chi connectivity index (χ2n) is 9.08. The summed E-state index contributed by atoms with van der Waals surface area (Å²) in [7, 11) is 0. The van der Waals surface area contributed by atoms with Gasteiger partial charge >= 0.3 is 17.9 Å². The smallest absolute Gasteiger partial charge is 0.335 e. The first-order valence-corrected chi connectivity index (χ1v) is 10.5. The monoisotopic (exact) mass is 400 g/mol. The van der Waals surface area contributed by atoms with Crippen LogP contribution in [0.25, 0.3) is 0 Å². The number of carboxylic acid groups (broad SMARTS) is 1. The first kappa shape index (κ1) is 19.9. The van der Waals surface area contributed by atoms with E-state index < -0.39 is 11.9 Å². The summed E-state index contributed by atoms with van der Waals surface area (Å²) in [6.45, 7) is 5.07. The molecule has 2 saturated carbocycles. The minimum atomic E-state index is -1.01. The maximum Gasteiger partial charge on any atom is 0.335 e. The summed E-state index contributed by atoms with van der Waals surface area (Å²) in [6, 6.07) is 3.25. The fraction of sp³-hybridized carbons (Fsp3) is 0.609. The van der Waals surface area contributed by atoms with Crippen molar-refractivity contribution in [1.29, 1.82) is 0 Å². The predicted octanol–water partition coefficient (Wildman–Crippen LogP) is 4.10. The molecule has 0 aliphatic heterocycles. The van der Waals surface area contributed by atoms with E-state index in [1.807, 2.05) is 0 Å². The highest BCUT2D eigenvalue weighted by atomic mass is 16.5. The number of ether oxygens (including phenoxy) is 2. The van der Waals surface area contributed by atoms with Gasteiger partial charge in [0.2, 0.25) is 0 Å². The Labute approximate surface area is 170 Å². The number of carboxylic acids is 1. The van der Waals surface area contributed by atoms with E-state index in [1.54, 1.807) is 6.07 Å². The molecular formula is C23H28O6. The Hall–Kier alpha value is -2.37. The third kappa shape index (κ3) is 3.32. The molecule has 0 amide bonds. The summed E-state index contributed by atoms with van der Waals surface area (Å²) in [4.78, 5) is 34.8. The number of aromatic carboxylic acids is 1. The van der Waals surface area contributed by atoms with Crippen LogP contribution in [-0.4, -0.2) is 29.1 Å². The molecule has 1 aromatic rings. The molecule has 1 N–H and O–H groups in total. The van der Waals surface area contributed by atoms with Crippen LogP contribution in [0.5, 0.6) is 5.75 Å². The number of rotatable bonds is 3. The number of hydrogen-bond donors (Lipinski definition) is 1. The van der Waals surface area contributed by atoms with Gasteiger partial charge in [0, 0.05) is 19.3 Å². The van der Waals surface area contributed by atoms with Crippen LogP contribution in [0.3, 0.4) is 0 Å². The average molecular weight is 400 g/mol. The summed E-state index contributed by atoms with van der Waals surface area (Å²) in [5.41, 5.74) is 2.14. The fourth-order valence-corrected chi connectivity index (χ4v) is 6.37. The third-order valence-corrected chi connectivity index (χ3v) is 7.53. The number of benzene rings is 1. The molecule has 5 atom stereocenters. The molecular weight excluding hydrogens is 372 g/mol. The van der Waals surface area contributed by atoms with Gasteiger partial charge in [-0.3, -0.25) is 9.59 Å². The summed E-state index contributed by atoms with van der Waals surface area (Å²) < 4.78 is 11.1. The number of carbonyl (C=O) groups is 3. The second kappa shape index (κ2) is 7.15. The molecule has 0 bridgehead atoms.